The molecule has 1 aromatic heterocycles. The number of amides is 1. The highest BCUT2D eigenvalue weighted by Gasteiger charge is 2.23. The lowest BCUT2D eigenvalue weighted by Crippen LogP contribution is -2.37. The fourth-order valence-electron chi connectivity index (χ4n) is 2.44. The van der Waals surface area contributed by atoms with Crippen LogP contribution in [0.5, 0.6) is 0 Å². The number of hydrogen-bond acceptors (Lipinski definition) is 3. The first-order valence-corrected chi connectivity index (χ1v) is 6.67. The molecule has 0 bridgehead atoms. The third-order valence-corrected chi connectivity index (χ3v) is 3.61. The van der Waals surface area contributed by atoms with Gasteiger partial charge in [-0.25, -0.2) is 4.98 Å². The molecule has 1 saturated heterocycles. The van der Waals surface area contributed by atoms with E-state index in [1.54, 1.807) is 0 Å². The third kappa shape index (κ3) is 3.13. The van der Waals surface area contributed by atoms with Crippen molar-refractivity contribution in [1.82, 2.24) is 9.88 Å². The van der Waals surface area contributed by atoms with Crippen LogP contribution in [0.15, 0.2) is 30.9 Å². The van der Waals surface area contributed by atoms with E-state index in [0.29, 0.717) is 5.92 Å². The van der Waals surface area contributed by atoms with Gasteiger partial charge in [0.25, 0.3) is 0 Å². The average Bonchev–Trinajstić information content (AvgIpc) is 2.46. The van der Waals surface area contributed by atoms with Crippen LogP contribution in [-0.4, -0.2) is 43.0 Å². The Hall–Kier alpha value is -1.84. The zero-order valence-electron chi connectivity index (χ0n) is 11.7. The van der Waals surface area contributed by atoms with E-state index in [1.807, 2.05) is 30.0 Å². The van der Waals surface area contributed by atoms with Crippen molar-refractivity contribution >= 4 is 11.7 Å². The summed E-state index contributed by atoms with van der Waals surface area (Å²) in [5.41, 5.74) is 1.14. The van der Waals surface area contributed by atoms with Gasteiger partial charge in [0, 0.05) is 38.8 Å². The molecule has 0 N–H and O–H groups in total. The predicted molar refractivity (Wildman–Crippen MR) is 77.3 cm³/mol. The minimum Gasteiger partial charge on any atom is -0.363 e. The topological polar surface area (TPSA) is 36.4 Å². The second kappa shape index (κ2) is 5.87. The van der Waals surface area contributed by atoms with Crippen LogP contribution in [0.4, 0.5) is 5.82 Å². The summed E-state index contributed by atoms with van der Waals surface area (Å²) in [7, 11) is 3.99. The summed E-state index contributed by atoms with van der Waals surface area (Å²) < 4.78 is 0. The summed E-state index contributed by atoms with van der Waals surface area (Å²) in [5, 5.41) is 0. The number of rotatable bonds is 3. The molecule has 0 spiro atoms. The number of pyridine rings is 1. The Kier molecular flexibility index (Phi) is 4.20. The normalized spacial score (nSPS) is 16.2. The second-order valence-electron chi connectivity index (χ2n) is 5.12. The van der Waals surface area contributed by atoms with Crippen molar-refractivity contribution in [2.24, 2.45) is 0 Å². The molecule has 2 rings (SSSR count). The summed E-state index contributed by atoms with van der Waals surface area (Å²) >= 11 is 0. The van der Waals surface area contributed by atoms with E-state index in [0.717, 1.165) is 37.4 Å². The number of hydrogen-bond donors (Lipinski definition) is 0. The smallest absolute Gasteiger partial charge is 0.245 e. The lowest BCUT2D eigenvalue weighted by atomic mass is 9.93. The van der Waals surface area contributed by atoms with Crippen LogP contribution in [0.1, 0.15) is 24.5 Å². The zero-order chi connectivity index (χ0) is 13.8. The van der Waals surface area contributed by atoms with Gasteiger partial charge in [-0.1, -0.05) is 12.6 Å². The highest BCUT2D eigenvalue weighted by atomic mass is 16.2. The highest BCUT2D eigenvalue weighted by Crippen LogP contribution is 2.27. The molecule has 4 heteroatoms. The molecule has 0 atom stereocenters. The lowest BCUT2D eigenvalue weighted by Gasteiger charge is -2.31. The fourth-order valence-corrected chi connectivity index (χ4v) is 2.44. The quantitative estimate of drug-likeness (QED) is 0.779. The summed E-state index contributed by atoms with van der Waals surface area (Å²) in [6.45, 7) is 5.12. The molecular weight excluding hydrogens is 238 g/mol. The Morgan fingerprint density at radius 1 is 1.42 bits per heavy atom. The Bertz CT molecular complexity index is 462. The van der Waals surface area contributed by atoms with Gasteiger partial charge in [-0.2, -0.15) is 0 Å². The van der Waals surface area contributed by atoms with Crippen molar-refractivity contribution in [1.29, 1.82) is 0 Å². The van der Waals surface area contributed by atoms with Gasteiger partial charge in [-0.15, -0.1) is 0 Å². The van der Waals surface area contributed by atoms with E-state index >= 15 is 0 Å². The van der Waals surface area contributed by atoms with Crippen LogP contribution in [0.25, 0.3) is 0 Å². The van der Waals surface area contributed by atoms with Gasteiger partial charge < -0.3 is 9.80 Å². The van der Waals surface area contributed by atoms with E-state index in [-0.39, 0.29) is 5.91 Å². The monoisotopic (exact) mass is 259 g/mol. The second-order valence-corrected chi connectivity index (χ2v) is 5.12. The van der Waals surface area contributed by atoms with Crippen molar-refractivity contribution in [2.75, 3.05) is 32.1 Å². The fraction of sp³-hybridized carbons (Fsp3) is 0.467. The van der Waals surface area contributed by atoms with Crippen molar-refractivity contribution in [2.45, 2.75) is 18.8 Å². The Morgan fingerprint density at radius 3 is 2.68 bits per heavy atom. The standard InChI is InChI=1S/C15H21N3O/c1-4-15(19)18-10-8-12(9-11-18)13-6-5-7-14(16-13)17(2)3/h4-7,12H,1,8-11H2,2-3H3. The highest BCUT2D eigenvalue weighted by molar-refractivity contribution is 5.87. The van der Waals surface area contributed by atoms with Crippen LogP contribution in [0.2, 0.25) is 0 Å². The van der Waals surface area contributed by atoms with E-state index in [9.17, 15) is 4.79 Å². The molecule has 1 aromatic rings. The first-order chi connectivity index (χ1) is 9.11. The molecule has 1 amide bonds. The Morgan fingerprint density at radius 2 is 2.11 bits per heavy atom. The molecule has 0 aromatic carbocycles. The molecule has 0 saturated carbocycles. The maximum atomic E-state index is 11.5. The van der Waals surface area contributed by atoms with Gasteiger partial charge >= 0.3 is 0 Å². The molecular formula is C15H21N3O. The SMILES string of the molecule is C=CC(=O)N1CCC(c2cccc(N(C)C)n2)CC1. The maximum Gasteiger partial charge on any atom is 0.245 e. The zero-order valence-corrected chi connectivity index (χ0v) is 11.7. The summed E-state index contributed by atoms with van der Waals surface area (Å²) in [4.78, 5) is 20.1. The molecule has 19 heavy (non-hydrogen) atoms. The van der Waals surface area contributed by atoms with Crippen LogP contribution in [-0.2, 0) is 4.79 Å². The van der Waals surface area contributed by atoms with Crippen molar-refractivity contribution < 1.29 is 4.79 Å². The molecule has 1 fully saturated rings. The van der Waals surface area contributed by atoms with E-state index < -0.39 is 0 Å². The predicted octanol–water partition coefficient (Wildman–Crippen LogP) is 2.04. The number of aromatic nitrogens is 1. The van der Waals surface area contributed by atoms with Gasteiger partial charge in [0.15, 0.2) is 0 Å². The molecule has 1 aliphatic heterocycles. The lowest BCUT2D eigenvalue weighted by molar-refractivity contribution is -0.127. The first-order valence-electron chi connectivity index (χ1n) is 6.67. The number of anilines is 1. The van der Waals surface area contributed by atoms with Crippen molar-refractivity contribution in [3.8, 4) is 0 Å². The minimum absolute atomic E-state index is 0.0356. The van der Waals surface area contributed by atoms with Crippen molar-refractivity contribution in [3.63, 3.8) is 0 Å². The van der Waals surface area contributed by atoms with Gasteiger partial charge in [0.2, 0.25) is 5.91 Å². The minimum atomic E-state index is 0.0356. The van der Waals surface area contributed by atoms with E-state index in [4.69, 9.17) is 0 Å². The summed E-state index contributed by atoms with van der Waals surface area (Å²) in [6, 6.07) is 6.15. The largest absolute Gasteiger partial charge is 0.363 e. The molecule has 4 nitrogen and oxygen atoms in total. The van der Waals surface area contributed by atoms with E-state index in [1.165, 1.54) is 6.08 Å². The van der Waals surface area contributed by atoms with Crippen LogP contribution >= 0.6 is 0 Å². The van der Waals surface area contributed by atoms with Crippen LogP contribution < -0.4 is 4.90 Å². The van der Waals surface area contributed by atoms with Crippen LogP contribution in [0, 0.1) is 0 Å². The molecule has 2 heterocycles. The van der Waals surface area contributed by atoms with Crippen molar-refractivity contribution in [3.05, 3.63) is 36.5 Å². The first kappa shape index (κ1) is 13.6. The van der Waals surface area contributed by atoms with Gasteiger partial charge in [-0.3, -0.25) is 4.79 Å². The van der Waals surface area contributed by atoms with Crippen LogP contribution in [0.3, 0.4) is 0 Å². The molecule has 0 unspecified atom stereocenters. The number of carbonyl (C=O) groups excluding carboxylic acids is 1. The molecule has 1 aliphatic rings. The number of carbonyl (C=O) groups is 1. The van der Waals surface area contributed by atoms with Gasteiger partial charge in [0.1, 0.15) is 5.82 Å². The Balaban J connectivity index is 2.03. The summed E-state index contributed by atoms with van der Waals surface area (Å²) in [5.74, 6) is 1.48. The number of likely N-dealkylation sites (tertiary alicyclic amines) is 1. The third-order valence-electron chi connectivity index (χ3n) is 3.61. The molecule has 0 radical (unpaired) electrons. The molecule has 102 valence electrons. The number of nitrogens with zero attached hydrogens (tertiary/aromatic N) is 3. The summed E-state index contributed by atoms with van der Waals surface area (Å²) in [6.07, 6.45) is 3.35. The number of piperidine rings is 1. The van der Waals surface area contributed by atoms with Gasteiger partial charge in [-0.05, 0) is 31.1 Å². The van der Waals surface area contributed by atoms with Gasteiger partial charge in [0.05, 0.1) is 0 Å². The Labute approximate surface area is 114 Å². The molecule has 0 aliphatic carbocycles. The average molecular weight is 259 g/mol. The maximum absolute atomic E-state index is 11.5. The van der Waals surface area contributed by atoms with E-state index in [2.05, 4.69) is 23.7 Å².